The Morgan fingerprint density at radius 1 is 0.848 bits per heavy atom. The SMILES string of the molecule is COCc1nc2ccc(-c3ccnc4c3cc(CN3CCC(c5ccc(C(=O)N6CCC(CN7CCN(c8ccc(NC9CCC(=O)NC9=O)c(C)c8)CC7)CC6)cc5)CC3)n4C)cc2[nH]1. The number of H-pyrrole nitrogens is 1. The monoisotopic (exact) mass is 890 g/mol. The van der Waals surface area contributed by atoms with Crippen LogP contribution in [0.4, 0.5) is 11.4 Å². The summed E-state index contributed by atoms with van der Waals surface area (Å²) in [6.07, 6.45) is 7.05. The molecule has 1 unspecified atom stereocenters. The highest BCUT2D eigenvalue weighted by Crippen LogP contribution is 2.34. The Hall–Kier alpha value is -6.09. The summed E-state index contributed by atoms with van der Waals surface area (Å²) in [4.78, 5) is 59.9. The van der Waals surface area contributed by atoms with E-state index in [1.807, 2.05) is 6.20 Å². The van der Waals surface area contributed by atoms with Gasteiger partial charge in [0.2, 0.25) is 11.8 Å². The maximum absolute atomic E-state index is 13.7. The van der Waals surface area contributed by atoms with Crippen molar-refractivity contribution in [2.45, 2.75) is 70.6 Å². The summed E-state index contributed by atoms with van der Waals surface area (Å²) >= 11 is 0. The van der Waals surface area contributed by atoms with Crippen molar-refractivity contribution in [1.82, 2.24) is 39.5 Å². The van der Waals surface area contributed by atoms with Crippen LogP contribution in [0.1, 0.15) is 77.4 Å². The van der Waals surface area contributed by atoms with Crippen LogP contribution in [0.25, 0.3) is 33.2 Å². The molecule has 1 atom stereocenters. The zero-order chi connectivity index (χ0) is 45.3. The Balaban J connectivity index is 0.666. The maximum Gasteiger partial charge on any atom is 0.253 e. The number of carbonyl (C=O) groups excluding carboxylic acids is 3. The van der Waals surface area contributed by atoms with Crippen molar-refractivity contribution in [3.05, 3.63) is 107 Å². The number of fused-ring (bicyclic) bond motifs is 2. The van der Waals surface area contributed by atoms with Crippen molar-refractivity contribution in [2.75, 3.05) is 76.2 Å². The van der Waals surface area contributed by atoms with Crippen molar-refractivity contribution in [1.29, 1.82) is 0 Å². The summed E-state index contributed by atoms with van der Waals surface area (Å²) in [6, 6.07) is 25.3. The molecule has 0 spiro atoms. The van der Waals surface area contributed by atoms with Gasteiger partial charge in [-0.05, 0) is 141 Å². The molecule has 3 aromatic heterocycles. The quantitative estimate of drug-likeness (QED) is 0.112. The highest BCUT2D eigenvalue weighted by Gasteiger charge is 2.29. The van der Waals surface area contributed by atoms with Gasteiger partial charge in [0.05, 0.1) is 11.0 Å². The zero-order valence-corrected chi connectivity index (χ0v) is 38.5. The van der Waals surface area contributed by atoms with E-state index in [4.69, 9.17) is 9.72 Å². The normalized spacial score (nSPS) is 19.5. The van der Waals surface area contributed by atoms with Crippen molar-refractivity contribution in [2.24, 2.45) is 13.0 Å². The average Bonchev–Trinajstić information content (AvgIpc) is 3.90. The number of aromatic amines is 1. The number of ether oxygens (including phenoxy) is 1. The van der Waals surface area contributed by atoms with Gasteiger partial charge in [-0.2, -0.15) is 0 Å². The molecular formula is C52H62N10O4. The number of aromatic nitrogens is 4. The summed E-state index contributed by atoms with van der Waals surface area (Å²) in [5.74, 6) is 1.62. The molecule has 4 fully saturated rings. The van der Waals surface area contributed by atoms with Crippen LogP contribution in [0.3, 0.4) is 0 Å². The van der Waals surface area contributed by atoms with Crippen LogP contribution in [0, 0.1) is 12.8 Å². The van der Waals surface area contributed by atoms with Gasteiger partial charge in [-0.3, -0.25) is 29.5 Å². The highest BCUT2D eigenvalue weighted by molar-refractivity contribution is 6.01. The number of rotatable bonds is 12. The maximum atomic E-state index is 13.7. The van der Waals surface area contributed by atoms with Gasteiger partial charge in [0.1, 0.15) is 24.1 Å². The molecule has 4 saturated heterocycles. The van der Waals surface area contributed by atoms with Gasteiger partial charge in [0.25, 0.3) is 5.91 Å². The van der Waals surface area contributed by atoms with Crippen LogP contribution >= 0.6 is 0 Å². The number of carbonyl (C=O) groups is 3. The topological polar surface area (TPSA) is 144 Å². The number of piperidine rings is 3. The number of aryl methyl sites for hydroxylation is 2. The number of likely N-dealkylation sites (tertiary alicyclic amines) is 2. The standard InChI is InChI=1S/C52H62N10O4/c1-34-28-40(9-11-44(34)54-46-12-13-49(63)57-51(46)64)61-26-24-60(25-27-61)31-35-15-22-62(23-16-35)52(65)38-6-4-36(5-7-38)37-17-20-59(21-18-37)32-41-30-43-42(14-19-53-50(43)58(41)2)39-8-10-45-47(29-39)56-48(55-45)33-66-3/h4-11,14,19,28-30,35,37,46,54H,12-13,15-18,20-27,31-33H2,1-3H3,(H,55,56)(H,57,63,64). The summed E-state index contributed by atoms with van der Waals surface area (Å²) in [7, 11) is 3.81. The fourth-order valence-electron chi connectivity index (χ4n) is 10.7. The third-order valence-electron chi connectivity index (χ3n) is 14.7. The summed E-state index contributed by atoms with van der Waals surface area (Å²) in [6.45, 7) is 12.1. The second-order valence-electron chi connectivity index (χ2n) is 19.0. The predicted octanol–water partition coefficient (Wildman–Crippen LogP) is 6.84. The third kappa shape index (κ3) is 9.31. The number of methoxy groups -OCH3 is 1. The first-order chi connectivity index (χ1) is 32.1. The van der Waals surface area contributed by atoms with E-state index in [9.17, 15) is 14.4 Å². The van der Waals surface area contributed by atoms with E-state index in [1.165, 1.54) is 22.5 Å². The van der Waals surface area contributed by atoms with E-state index >= 15 is 0 Å². The smallest absolute Gasteiger partial charge is 0.253 e. The van der Waals surface area contributed by atoms with E-state index in [-0.39, 0.29) is 23.8 Å². The van der Waals surface area contributed by atoms with E-state index in [2.05, 4.69) is 132 Å². The molecule has 10 rings (SSSR count). The lowest BCUT2D eigenvalue weighted by atomic mass is 9.88. The molecular weight excluding hydrogens is 829 g/mol. The van der Waals surface area contributed by atoms with Crippen LogP contribution in [-0.4, -0.2) is 124 Å². The Morgan fingerprint density at radius 3 is 2.38 bits per heavy atom. The lowest BCUT2D eigenvalue weighted by Crippen LogP contribution is -2.49. The minimum absolute atomic E-state index is 0.155. The van der Waals surface area contributed by atoms with Crippen LogP contribution in [0.5, 0.6) is 0 Å². The van der Waals surface area contributed by atoms with Crippen molar-refractivity contribution < 1.29 is 19.1 Å². The predicted molar refractivity (Wildman–Crippen MR) is 258 cm³/mol. The molecule has 0 saturated carbocycles. The molecule has 3 amide bonds. The molecule has 6 aromatic rings. The lowest BCUT2D eigenvalue weighted by Gasteiger charge is -2.39. The van der Waals surface area contributed by atoms with Gasteiger partial charge in [0.15, 0.2) is 0 Å². The number of hydrogen-bond acceptors (Lipinski definition) is 10. The fourth-order valence-corrected chi connectivity index (χ4v) is 10.7. The van der Waals surface area contributed by atoms with E-state index < -0.39 is 0 Å². The van der Waals surface area contributed by atoms with Crippen LogP contribution in [0.2, 0.25) is 0 Å². The molecule has 4 aliphatic rings. The first-order valence-electron chi connectivity index (χ1n) is 23.9. The van der Waals surface area contributed by atoms with Crippen LogP contribution < -0.4 is 15.5 Å². The molecule has 0 radical (unpaired) electrons. The minimum Gasteiger partial charge on any atom is -0.377 e. The number of pyridine rings is 1. The molecule has 3 aromatic carbocycles. The zero-order valence-electron chi connectivity index (χ0n) is 38.5. The first-order valence-corrected chi connectivity index (χ1v) is 23.9. The molecule has 66 heavy (non-hydrogen) atoms. The number of imidazole rings is 1. The Kier molecular flexibility index (Phi) is 12.6. The Bertz CT molecular complexity index is 2720. The molecule has 7 heterocycles. The third-order valence-corrected chi connectivity index (χ3v) is 14.7. The largest absolute Gasteiger partial charge is 0.377 e. The van der Waals surface area contributed by atoms with Gasteiger partial charge in [-0.1, -0.05) is 18.2 Å². The molecule has 14 nitrogen and oxygen atoms in total. The number of hydrogen-bond donors (Lipinski definition) is 3. The molecule has 0 bridgehead atoms. The molecule has 14 heteroatoms. The summed E-state index contributed by atoms with van der Waals surface area (Å²) in [5.41, 5.74) is 11.8. The number of anilines is 2. The number of nitrogens with zero attached hydrogens (tertiary/aromatic N) is 7. The number of benzene rings is 3. The number of imide groups is 1. The summed E-state index contributed by atoms with van der Waals surface area (Å²) in [5, 5.41) is 6.92. The lowest BCUT2D eigenvalue weighted by molar-refractivity contribution is -0.133. The molecule has 0 aliphatic carbocycles. The Morgan fingerprint density at radius 2 is 1.64 bits per heavy atom. The Labute approximate surface area is 386 Å². The van der Waals surface area contributed by atoms with Gasteiger partial charge in [-0.25, -0.2) is 9.97 Å². The van der Waals surface area contributed by atoms with Crippen LogP contribution in [-0.2, 0) is 34.5 Å². The van der Waals surface area contributed by atoms with Crippen molar-refractivity contribution in [3.63, 3.8) is 0 Å². The first kappa shape index (κ1) is 43.8. The van der Waals surface area contributed by atoms with Gasteiger partial charge < -0.3 is 29.4 Å². The van der Waals surface area contributed by atoms with Gasteiger partial charge in [-0.15, -0.1) is 0 Å². The number of piperazine rings is 1. The van der Waals surface area contributed by atoms with Gasteiger partial charge in [0, 0.05) is 107 Å². The average molecular weight is 891 g/mol. The molecule has 4 aliphatic heterocycles. The highest BCUT2D eigenvalue weighted by atomic mass is 16.5. The molecule has 344 valence electrons. The van der Waals surface area contributed by atoms with E-state index in [1.54, 1.807) is 7.11 Å². The van der Waals surface area contributed by atoms with Crippen molar-refractivity contribution in [3.8, 4) is 11.1 Å². The number of nitrogens with one attached hydrogen (secondary N) is 3. The second-order valence-corrected chi connectivity index (χ2v) is 19.0. The van der Waals surface area contributed by atoms with Gasteiger partial charge >= 0.3 is 0 Å². The second kappa shape index (κ2) is 19.0. The van der Waals surface area contributed by atoms with E-state index in [0.29, 0.717) is 31.3 Å². The van der Waals surface area contributed by atoms with E-state index in [0.717, 1.165) is 141 Å². The number of amides is 3. The fraction of sp³-hybridized carbons (Fsp3) is 0.442. The van der Waals surface area contributed by atoms with Crippen molar-refractivity contribution >= 4 is 51.2 Å². The van der Waals surface area contributed by atoms with Crippen LogP contribution in [0.15, 0.2) is 79.0 Å². The molecule has 3 N–H and O–H groups in total. The minimum atomic E-state index is -0.384. The summed E-state index contributed by atoms with van der Waals surface area (Å²) < 4.78 is 7.52.